The molecule has 2 amide bonds. The Kier molecular flexibility index (Phi) is 4.07. The third-order valence-electron chi connectivity index (χ3n) is 4.86. The second kappa shape index (κ2) is 6.76. The molecule has 0 aliphatic carbocycles. The van der Waals surface area contributed by atoms with Crippen molar-refractivity contribution in [2.75, 3.05) is 10.6 Å². The first kappa shape index (κ1) is 17.5. The summed E-state index contributed by atoms with van der Waals surface area (Å²) >= 11 is 5.88. The quantitative estimate of drug-likeness (QED) is 0.516. The lowest BCUT2D eigenvalue weighted by atomic mass is 10.1. The topological polar surface area (TPSA) is 76.0 Å². The van der Waals surface area contributed by atoms with E-state index in [1.165, 1.54) is 0 Å². The van der Waals surface area contributed by atoms with Crippen molar-refractivity contribution in [1.82, 2.24) is 9.55 Å². The zero-order valence-corrected chi connectivity index (χ0v) is 15.9. The van der Waals surface area contributed by atoms with Crippen molar-refractivity contribution in [3.63, 3.8) is 0 Å². The van der Waals surface area contributed by atoms with Crippen molar-refractivity contribution in [3.8, 4) is 11.4 Å². The average Bonchev–Trinajstić information content (AvgIpc) is 3.00. The second-order valence-electron chi connectivity index (χ2n) is 6.78. The number of nitrogens with one attached hydrogen (secondary N) is 2. The summed E-state index contributed by atoms with van der Waals surface area (Å²) in [5, 5.41) is 6.33. The minimum Gasteiger partial charge on any atom is -0.324 e. The highest BCUT2D eigenvalue weighted by Crippen LogP contribution is 2.34. The number of aromatic nitrogens is 2. The lowest BCUT2D eigenvalue weighted by molar-refractivity contribution is -0.116. The number of fused-ring (bicyclic) bond motifs is 5. The number of benzene rings is 3. The lowest BCUT2D eigenvalue weighted by Gasteiger charge is -2.10. The van der Waals surface area contributed by atoms with Crippen LogP contribution in [0.5, 0.6) is 0 Å². The number of rotatable bonds is 2. The van der Waals surface area contributed by atoms with Crippen LogP contribution >= 0.6 is 11.6 Å². The van der Waals surface area contributed by atoms with Crippen LogP contribution < -0.4 is 10.6 Å². The molecule has 0 spiro atoms. The fourth-order valence-corrected chi connectivity index (χ4v) is 3.63. The van der Waals surface area contributed by atoms with E-state index in [2.05, 4.69) is 10.6 Å². The van der Waals surface area contributed by atoms with Crippen LogP contribution in [0.25, 0.3) is 22.4 Å². The van der Waals surface area contributed by atoms with Gasteiger partial charge in [0.05, 0.1) is 16.7 Å². The van der Waals surface area contributed by atoms with E-state index in [9.17, 15) is 9.59 Å². The molecular weight excluding hydrogens is 388 g/mol. The van der Waals surface area contributed by atoms with E-state index in [1.54, 1.807) is 36.4 Å². The lowest BCUT2D eigenvalue weighted by Crippen LogP contribution is -2.16. The van der Waals surface area contributed by atoms with E-state index in [0.717, 1.165) is 22.4 Å². The van der Waals surface area contributed by atoms with E-state index >= 15 is 0 Å². The predicted octanol–water partition coefficient (Wildman–Crippen LogP) is 4.56. The summed E-state index contributed by atoms with van der Waals surface area (Å²) < 4.78 is 1.91. The number of anilines is 2. The van der Waals surface area contributed by atoms with Gasteiger partial charge in [-0.05, 0) is 54.6 Å². The van der Waals surface area contributed by atoms with Gasteiger partial charge in [0, 0.05) is 21.8 Å². The van der Waals surface area contributed by atoms with Gasteiger partial charge in [0.25, 0.3) is 5.91 Å². The van der Waals surface area contributed by atoms with Gasteiger partial charge < -0.3 is 15.2 Å². The van der Waals surface area contributed by atoms with Gasteiger partial charge in [0.2, 0.25) is 5.91 Å². The second-order valence-corrected chi connectivity index (χ2v) is 7.22. The first-order chi connectivity index (χ1) is 14.1. The highest BCUT2D eigenvalue weighted by atomic mass is 35.5. The Morgan fingerprint density at radius 3 is 2.69 bits per heavy atom. The average molecular weight is 403 g/mol. The first-order valence-corrected chi connectivity index (χ1v) is 9.43. The van der Waals surface area contributed by atoms with E-state index in [0.29, 0.717) is 22.0 Å². The van der Waals surface area contributed by atoms with E-state index in [1.807, 2.05) is 34.9 Å². The summed E-state index contributed by atoms with van der Waals surface area (Å²) in [6.45, 7) is 0.178. The molecule has 0 atom stereocenters. The normalized spacial score (nSPS) is 12.7. The van der Waals surface area contributed by atoms with Gasteiger partial charge in [-0.2, -0.15) is 0 Å². The maximum atomic E-state index is 12.5. The monoisotopic (exact) mass is 402 g/mol. The number of hydrogen-bond acceptors (Lipinski definition) is 3. The summed E-state index contributed by atoms with van der Waals surface area (Å²) in [5.74, 6) is 0.318. The van der Waals surface area contributed by atoms with Gasteiger partial charge in [-0.1, -0.05) is 23.7 Å². The number of amides is 2. The molecule has 0 saturated carbocycles. The molecule has 0 unspecified atom stereocenters. The number of hydrogen-bond donors (Lipinski definition) is 2. The van der Waals surface area contributed by atoms with Crippen LogP contribution in [0.15, 0.2) is 66.7 Å². The van der Waals surface area contributed by atoms with Gasteiger partial charge >= 0.3 is 0 Å². The van der Waals surface area contributed by atoms with Crippen molar-refractivity contribution in [1.29, 1.82) is 0 Å². The van der Waals surface area contributed by atoms with Crippen molar-refractivity contribution in [2.45, 2.75) is 6.54 Å². The molecule has 0 fully saturated rings. The third kappa shape index (κ3) is 3.13. The fourth-order valence-electron chi connectivity index (χ4n) is 3.50. The van der Waals surface area contributed by atoms with Crippen molar-refractivity contribution >= 4 is 45.8 Å². The van der Waals surface area contributed by atoms with Crippen LogP contribution in [0.1, 0.15) is 10.4 Å². The molecule has 1 aromatic heterocycles. The molecular formula is C22H15ClN4O2. The Balaban J connectivity index is 1.53. The summed E-state index contributed by atoms with van der Waals surface area (Å²) in [6, 6.07) is 19.8. The molecule has 1 aliphatic heterocycles. The highest BCUT2D eigenvalue weighted by molar-refractivity contribution is 6.30. The Hall–Kier alpha value is -3.64. The van der Waals surface area contributed by atoms with Crippen LogP contribution in [-0.4, -0.2) is 21.4 Å². The summed E-state index contributed by atoms with van der Waals surface area (Å²) in [7, 11) is 0. The zero-order valence-electron chi connectivity index (χ0n) is 15.1. The molecule has 0 radical (unpaired) electrons. The number of nitrogens with zero attached hydrogens (tertiary/aromatic N) is 2. The van der Waals surface area contributed by atoms with Gasteiger partial charge in [-0.15, -0.1) is 0 Å². The predicted molar refractivity (Wildman–Crippen MR) is 113 cm³/mol. The molecule has 142 valence electrons. The van der Waals surface area contributed by atoms with Crippen LogP contribution in [0, 0.1) is 0 Å². The van der Waals surface area contributed by atoms with Crippen LogP contribution in [-0.2, 0) is 11.3 Å². The van der Waals surface area contributed by atoms with Crippen LogP contribution in [0.4, 0.5) is 11.4 Å². The number of carbonyl (C=O) groups excluding carboxylic acids is 2. The van der Waals surface area contributed by atoms with E-state index in [4.69, 9.17) is 16.6 Å². The summed E-state index contributed by atoms with van der Waals surface area (Å²) in [4.78, 5) is 29.7. The maximum Gasteiger partial charge on any atom is 0.255 e. The largest absolute Gasteiger partial charge is 0.324 e. The summed E-state index contributed by atoms with van der Waals surface area (Å²) in [5.41, 5.74) is 4.23. The molecule has 1 aliphatic rings. The van der Waals surface area contributed by atoms with Gasteiger partial charge in [-0.3, -0.25) is 9.59 Å². The fraction of sp³-hybridized carbons (Fsp3) is 0.0455. The maximum absolute atomic E-state index is 12.5. The molecule has 4 aromatic rings. The van der Waals surface area contributed by atoms with Crippen molar-refractivity contribution < 1.29 is 9.59 Å². The van der Waals surface area contributed by atoms with Crippen molar-refractivity contribution in [2.24, 2.45) is 0 Å². The smallest absolute Gasteiger partial charge is 0.255 e. The molecule has 29 heavy (non-hydrogen) atoms. The SMILES string of the molecule is O=C1Cn2c(nc3ccccc32)-c2ccc(NC(=O)c3ccc(Cl)cc3)cc2N1. The van der Waals surface area contributed by atoms with Crippen LogP contribution in [0.3, 0.4) is 0 Å². The Morgan fingerprint density at radius 2 is 1.86 bits per heavy atom. The Bertz CT molecular complexity index is 1280. The highest BCUT2D eigenvalue weighted by Gasteiger charge is 2.22. The molecule has 3 aromatic carbocycles. The summed E-state index contributed by atoms with van der Waals surface area (Å²) in [6.07, 6.45) is 0. The number of halogens is 1. The van der Waals surface area contributed by atoms with Gasteiger partial charge in [-0.25, -0.2) is 4.98 Å². The number of imidazole rings is 1. The molecule has 5 rings (SSSR count). The molecule has 2 N–H and O–H groups in total. The van der Waals surface area contributed by atoms with Crippen LogP contribution in [0.2, 0.25) is 5.02 Å². The standard InChI is InChI=1S/C22H15ClN4O2/c23-14-7-5-13(6-8-14)22(29)24-15-9-10-16-18(11-15)25-20(28)12-27-19-4-2-1-3-17(19)26-21(16)27/h1-11H,12H2,(H,24,29)(H,25,28). The Morgan fingerprint density at radius 1 is 1.07 bits per heavy atom. The molecule has 7 heteroatoms. The Labute approximate surface area is 171 Å². The number of para-hydroxylation sites is 2. The molecule has 2 heterocycles. The molecule has 0 bridgehead atoms. The minimum atomic E-state index is -0.256. The first-order valence-electron chi connectivity index (χ1n) is 9.05. The number of carbonyl (C=O) groups is 2. The zero-order chi connectivity index (χ0) is 20.0. The minimum absolute atomic E-state index is 0.144. The molecule has 0 saturated heterocycles. The van der Waals surface area contributed by atoms with E-state index < -0.39 is 0 Å². The van der Waals surface area contributed by atoms with Gasteiger partial charge in [0.1, 0.15) is 12.4 Å². The third-order valence-corrected chi connectivity index (χ3v) is 5.11. The molecule has 6 nitrogen and oxygen atoms in total. The van der Waals surface area contributed by atoms with Crippen molar-refractivity contribution in [3.05, 3.63) is 77.3 Å². The van der Waals surface area contributed by atoms with E-state index in [-0.39, 0.29) is 18.4 Å². The van der Waals surface area contributed by atoms with Gasteiger partial charge in [0.15, 0.2) is 0 Å².